The van der Waals surface area contributed by atoms with Crippen LogP contribution < -0.4 is 19.2 Å². The summed E-state index contributed by atoms with van der Waals surface area (Å²) >= 11 is 9.26. The van der Waals surface area contributed by atoms with Crippen LogP contribution in [0.25, 0.3) is 0 Å². The van der Waals surface area contributed by atoms with Crippen LogP contribution >= 0.6 is 34.7 Å². The van der Waals surface area contributed by atoms with E-state index in [1.54, 1.807) is 62.2 Å². The molecule has 2 saturated carbocycles. The largest absolute Gasteiger partial charge is 0.497 e. The van der Waals surface area contributed by atoms with Crippen molar-refractivity contribution >= 4 is 58.2 Å². The second kappa shape index (κ2) is 10.5. The number of nitrogens with one attached hydrogen (secondary N) is 1. The predicted octanol–water partition coefficient (Wildman–Crippen LogP) is 4.72. The number of rotatable bonds is 7. The maximum atomic E-state index is 14.0. The minimum absolute atomic E-state index is 0.00320. The molecule has 4 aliphatic rings. The normalized spacial score (nSPS) is 28.8. The zero-order valence-corrected chi connectivity index (χ0v) is 25.1. The van der Waals surface area contributed by atoms with Gasteiger partial charge in [0.05, 0.1) is 36.3 Å². The number of ether oxygens (including phenoxy) is 3. The van der Waals surface area contributed by atoms with Gasteiger partial charge in [-0.05, 0) is 73.6 Å². The molecule has 0 radical (unpaired) electrons. The molecular formula is C30H27ClN2O7S2. The molecule has 4 unspecified atom stereocenters. The van der Waals surface area contributed by atoms with E-state index in [0.29, 0.717) is 22.2 Å². The van der Waals surface area contributed by atoms with E-state index in [4.69, 9.17) is 25.8 Å². The summed E-state index contributed by atoms with van der Waals surface area (Å²) in [5.74, 6) is -1.03. The fourth-order valence-electron chi connectivity index (χ4n) is 7.58. The first kappa shape index (κ1) is 27.5. The third kappa shape index (κ3) is 4.19. The molecule has 1 aromatic heterocycles. The molecule has 2 bridgehead atoms. The third-order valence-electron chi connectivity index (χ3n) is 9.01. The Labute approximate surface area is 254 Å². The number of H-pyrrole nitrogens is 1. The van der Waals surface area contributed by atoms with Gasteiger partial charge < -0.3 is 19.2 Å². The molecule has 2 amide bonds. The average Bonchev–Trinajstić information content (AvgIpc) is 3.71. The van der Waals surface area contributed by atoms with Crippen LogP contribution in [0.5, 0.6) is 11.5 Å². The Hall–Kier alpha value is -3.28. The monoisotopic (exact) mass is 626 g/mol. The number of amides is 2. The summed E-state index contributed by atoms with van der Waals surface area (Å²) in [7, 11) is 1.57. The number of nitrogens with zero attached hydrogens (tertiary/aromatic N) is 1. The van der Waals surface area contributed by atoms with Gasteiger partial charge in [0.1, 0.15) is 11.5 Å². The summed E-state index contributed by atoms with van der Waals surface area (Å²) in [6.45, 7) is 1.70. The standard InChI is InChI=1S/C30H27ClN2O7S2/c1-3-39-20(34)12-40-19-9-4-13(31)10-16(19)21-22-17-11-18(25(22)41-27-26(21)42-30(37)32-27)24-23(17)28(35)33(29(24)36)14-5-7-15(38-2)8-6-14/h4-10,17-18,21-25H,3,11-12H2,1-2H3,(H,32,37)/t17-,18-,21-,22?,23?,24?,25?/m1/s1. The Bertz CT molecular complexity index is 1650. The van der Waals surface area contributed by atoms with Gasteiger partial charge in [0.25, 0.3) is 0 Å². The molecule has 3 aromatic rings. The second-order valence-corrected chi connectivity index (χ2v) is 13.6. The van der Waals surface area contributed by atoms with Crippen molar-refractivity contribution in [2.45, 2.75) is 29.5 Å². The fraction of sp³-hybridized carbons (Fsp3) is 0.400. The van der Waals surface area contributed by atoms with Crippen LogP contribution in [-0.2, 0) is 19.1 Å². The van der Waals surface area contributed by atoms with Gasteiger partial charge in [-0.25, -0.2) is 4.79 Å². The summed E-state index contributed by atoms with van der Waals surface area (Å²) in [5, 5.41) is 1.27. The molecule has 1 saturated heterocycles. The van der Waals surface area contributed by atoms with Crippen LogP contribution in [-0.4, -0.2) is 48.3 Å². The van der Waals surface area contributed by atoms with Gasteiger partial charge in [-0.15, -0.1) is 11.8 Å². The van der Waals surface area contributed by atoms with Gasteiger partial charge >= 0.3 is 10.8 Å². The van der Waals surface area contributed by atoms with Crippen LogP contribution in [0.3, 0.4) is 0 Å². The highest BCUT2D eigenvalue weighted by Gasteiger charge is 2.69. The number of thiazole rings is 1. The van der Waals surface area contributed by atoms with Crippen molar-refractivity contribution in [3.8, 4) is 11.5 Å². The molecule has 3 heterocycles. The lowest BCUT2D eigenvalue weighted by molar-refractivity contribution is -0.145. The zero-order valence-electron chi connectivity index (χ0n) is 22.7. The van der Waals surface area contributed by atoms with Crippen LogP contribution in [0, 0.1) is 29.6 Å². The molecule has 218 valence electrons. The van der Waals surface area contributed by atoms with Crippen molar-refractivity contribution in [1.82, 2.24) is 4.98 Å². The number of carbonyl (C=O) groups is 3. The molecule has 2 aliphatic heterocycles. The lowest BCUT2D eigenvalue weighted by Crippen LogP contribution is -2.42. The van der Waals surface area contributed by atoms with Crippen molar-refractivity contribution in [1.29, 1.82) is 0 Å². The van der Waals surface area contributed by atoms with Gasteiger partial charge in [-0.1, -0.05) is 22.9 Å². The van der Waals surface area contributed by atoms with Gasteiger partial charge in [-0.2, -0.15) is 0 Å². The van der Waals surface area contributed by atoms with Crippen molar-refractivity contribution in [2.75, 3.05) is 25.2 Å². The first-order valence-electron chi connectivity index (χ1n) is 13.8. The summed E-state index contributed by atoms with van der Waals surface area (Å²) in [4.78, 5) is 57.6. The Morgan fingerprint density at radius 3 is 2.52 bits per heavy atom. The number of thioether (sulfide) groups is 1. The van der Waals surface area contributed by atoms with E-state index in [9.17, 15) is 19.2 Å². The van der Waals surface area contributed by atoms with Crippen LogP contribution in [0.15, 0.2) is 52.3 Å². The van der Waals surface area contributed by atoms with Crippen LogP contribution in [0.2, 0.25) is 5.02 Å². The van der Waals surface area contributed by atoms with Crippen LogP contribution in [0.4, 0.5) is 5.69 Å². The quantitative estimate of drug-likeness (QED) is 0.296. The van der Waals surface area contributed by atoms with E-state index >= 15 is 0 Å². The number of benzene rings is 2. The van der Waals surface area contributed by atoms with Crippen molar-refractivity contribution in [3.05, 3.63) is 67.6 Å². The predicted molar refractivity (Wildman–Crippen MR) is 158 cm³/mol. The minimum atomic E-state index is -0.487. The number of aromatic amines is 1. The molecule has 7 rings (SSSR count). The summed E-state index contributed by atoms with van der Waals surface area (Å²) in [6, 6.07) is 12.2. The van der Waals surface area contributed by atoms with Gasteiger partial charge in [0, 0.05) is 26.6 Å². The summed E-state index contributed by atoms with van der Waals surface area (Å²) < 4.78 is 16.3. The Balaban J connectivity index is 1.29. The fourth-order valence-corrected chi connectivity index (χ4v) is 10.6. The number of imide groups is 1. The number of hydrogen-bond donors (Lipinski definition) is 1. The summed E-state index contributed by atoms with van der Waals surface area (Å²) in [6.07, 6.45) is 0.751. The van der Waals surface area contributed by atoms with Crippen molar-refractivity contribution in [3.63, 3.8) is 0 Å². The third-order valence-corrected chi connectivity index (χ3v) is 11.8. The topological polar surface area (TPSA) is 115 Å². The van der Waals surface area contributed by atoms with E-state index < -0.39 is 17.8 Å². The number of carbonyl (C=O) groups excluding carboxylic acids is 3. The molecule has 1 N–H and O–H groups in total. The smallest absolute Gasteiger partial charge is 0.344 e. The highest BCUT2D eigenvalue weighted by atomic mass is 35.5. The van der Waals surface area contributed by atoms with Crippen LogP contribution in [0.1, 0.15) is 29.7 Å². The molecule has 3 fully saturated rings. The van der Waals surface area contributed by atoms with Gasteiger partial charge in [-0.3, -0.25) is 19.3 Å². The molecule has 9 nitrogen and oxygen atoms in total. The lowest BCUT2D eigenvalue weighted by atomic mass is 9.68. The zero-order chi connectivity index (χ0) is 29.3. The lowest BCUT2D eigenvalue weighted by Gasteiger charge is -2.43. The molecule has 2 aliphatic carbocycles. The molecule has 0 spiro atoms. The van der Waals surface area contributed by atoms with E-state index in [-0.39, 0.29) is 58.8 Å². The Morgan fingerprint density at radius 1 is 1.07 bits per heavy atom. The number of fused-ring (bicyclic) bond motifs is 9. The number of hydrogen-bond acceptors (Lipinski definition) is 9. The van der Waals surface area contributed by atoms with E-state index in [0.717, 1.165) is 33.2 Å². The minimum Gasteiger partial charge on any atom is -0.497 e. The molecule has 2 aromatic carbocycles. The van der Waals surface area contributed by atoms with E-state index in [2.05, 4.69) is 4.98 Å². The maximum absolute atomic E-state index is 14.0. The number of esters is 1. The SMILES string of the molecule is CCOC(=O)COc1ccc(Cl)cc1[C@H]1c2sc(=O)[nH]c2SC2C1[C@H]1C[C@@H]2C2C(=O)N(c3ccc(OC)cc3)C(=O)C21. The molecule has 12 heteroatoms. The highest BCUT2D eigenvalue weighted by molar-refractivity contribution is 8.00. The first-order chi connectivity index (χ1) is 20.3. The summed E-state index contributed by atoms with van der Waals surface area (Å²) in [5.41, 5.74) is 1.30. The number of aromatic nitrogens is 1. The Morgan fingerprint density at radius 2 is 1.81 bits per heavy atom. The van der Waals surface area contributed by atoms with E-state index in [1.165, 1.54) is 4.90 Å². The van der Waals surface area contributed by atoms with Crippen molar-refractivity contribution in [2.24, 2.45) is 29.6 Å². The van der Waals surface area contributed by atoms with Gasteiger partial charge in [0.2, 0.25) is 11.8 Å². The number of methoxy groups -OCH3 is 1. The first-order valence-corrected chi connectivity index (χ1v) is 15.9. The van der Waals surface area contributed by atoms with Gasteiger partial charge in [0.15, 0.2) is 6.61 Å². The maximum Gasteiger partial charge on any atom is 0.344 e. The highest BCUT2D eigenvalue weighted by Crippen LogP contribution is 2.69. The average molecular weight is 627 g/mol. The molecule has 7 atom stereocenters. The van der Waals surface area contributed by atoms with Crippen molar-refractivity contribution < 1.29 is 28.6 Å². The number of halogens is 1. The Kier molecular flexibility index (Phi) is 6.86. The molecule has 42 heavy (non-hydrogen) atoms. The molecular weight excluding hydrogens is 600 g/mol. The number of anilines is 1. The van der Waals surface area contributed by atoms with E-state index in [1.807, 2.05) is 6.07 Å². The second-order valence-electron chi connectivity index (χ2n) is 10.9.